The van der Waals surface area contributed by atoms with Gasteiger partial charge in [-0.15, -0.1) is 0 Å². The summed E-state index contributed by atoms with van der Waals surface area (Å²) in [6, 6.07) is 14.5. The highest BCUT2D eigenvalue weighted by molar-refractivity contribution is 7.89. The Morgan fingerprint density at radius 1 is 0.931 bits per heavy atom. The van der Waals surface area contributed by atoms with E-state index < -0.39 is 10.0 Å². The number of urea groups is 1. The first-order chi connectivity index (χ1) is 14.0. The van der Waals surface area contributed by atoms with Crippen LogP contribution >= 0.6 is 0 Å². The fraction of sp³-hybridized carbons (Fsp3) is 0.381. The smallest absolute Gasteiger partial charge is 0.315 e. The van der Waals surface area contributed by atoms with Gasteiger partial charge in [0.1, 0.15) is 0 Å². The van der Waals surface area contributed by atoms with Gasteiger partial charge in [-0.2, -0.15) is 0 Å². The van der Waals surface area contributed by atoms with Crippen LogP contribution in [-0.4, -0.2) is 39.5 Å². The first-order valence-corrected chi connectivity index (χ1v) is 11.3. The minimum Gasteiger partial charge on any atom is -0.334 e. The van der Waals surface area contributed by atoms with Gasteiger partial charge in [0.25, 0.3) is 0 Å². The standard InChI is InChI=1S/C21H28N4O3S/c1-22-29(27,28)20-9-7-17(8-10-20)14-23-21(26)24-15-18-5-4-6-19(13-18)16-25-11-2-3-12-25/h4-10,13,22H,2-3,11-12,14-16H2,1H3,(H2,23,24,26). The predicted molar refractivity (Wildman–Crippen MR) is 113 cm³/mol. The zero-order valence-corrected chi connectivity index (χ0v) is 17.5. The van der Waals surface area contributed by atoms with Crippen LogP contribution in [0.5, 0.6) is 0 Å². The van der Waals surface area contributed by atoms with Gasteiger partial charge in [0.15, 0.2) is 0 Å². The summed E-state index contributed by atoms with van der Waals surface area (Å²) in [6.45, 7) is 4.05. The van der Waals surface area contributed by atoms with Gasteiger partial charge in [-0.1, -0.05) is 36.4 Å². The number of sulfonamides is 1. The van der Waals surface area contributed by atoms with Crippen molar-refractivity contribution in [2.45, 2.75) is 37.4 Å². The molecule has 156 valence electrons. The lowest BCUT2D eigenvalue weighted by atomic mass is 10.1. The van der Waals surface area contributed by atoms with Crippen LogP contribution in [-0.2, 0) is 29.7 Å². The molecule has 0 aromatic heterocycles. The summed E-state index contributed by atoms with van der Waals surface area (Å²) in [5.41, 5.74) is 3.16. The maximum Gasteiger partial charge on any atom is 0.315 e. The molecule has 0 radical (unpaired) electrons. The molecule has 0 atom stereocenters. The Balaban J connectivity index is 1.45. The van der Waals surface area contributed by atoms with Crippen LogP contribution in [0.4, 0.5) is 4.79 Å². The van der Waals surface area contributed by atoms with Crippen molar-refractivity contribution in [3.05, 3.63) is 65.2 Å². The molecule has 3 rings (SSSR count). The number of nitrogens with zero attached hydrogens (tertiary/aromatic N) is 1. The lowest BCUT2D eigenvalue weighted by Crippen LogP contribution is -2.34. The number of amides is 2. The molecule has 1 heterocycles. The van der Waals surface area contributed by atoms with Crippen molar-refractivity contribution in [3.8, 4) is 0 Å². The van der Waals surface area contributed by atoms with Crippen molar-refractivity contribution in [3.63, 3.8) is 0 Å². The van der Waals surface area contributed by atoms with Crippen LogP contribution in [0.3, 0.4) is 0 Å². The van der Waals surface area contributed by atoms with Crippen LogP contribution in [0.15, 0.2) is 53.4 Å². The normalized spacial score (nSPS) is 14.7. The molecule has 2 aromatic rings. The van der Waals surface area contributed by atoms with Gasteiger partial charge < -0.3 is 10.6 Å². The van der Waals surface area contributed by atoms with Crippen molar-refractivity contribution in [2.24, 2.45) is 0 Å². The first-order valence-electron chi connectivity index (χ1n) is 9.80. The molecule has 0 bridgehead atoms. The van der Waals surface area contributed by atoms with E-state index in [0.717, 1.165) is 30.8 Å². The minimum absolute atomic E-state index is 0.196. The molecule has 1 aliphatic rings. The molecule has 8 heteroatoms. The second kappa shape index (κ2) is 9.87. The largest absolute Gasteiger partial charge is 0.334 e. The molecule has 7 nitrogen and oxygen atoms in total. The van der Waals surface area contributed by atoms with Crippen LogP contribution in [0.25, 0.3) is 0 Å². The van der Waals surface area contributed by atoms with Crippen LogP contribution in [0.1, 0.15) is 29.5 Å². The predicted octanol–water partition coefficient (Wildman–Crippen LogP) is 2.19. The molecular weight excluding hydrogens is 388 g/mol. The number of nitrogens with one attached hydrogen (secondary N) is 3. The monoisotopic (exact) mass is 416 g/mol. The number of likely N-dealkylation sites (tertiary alicyclic amines) is 1. The minimum atomic E-state index is -3.45. The van der Waals surface area contributed by atoms with Gasteiger partial charge in [-0.25, -0.2) is 17.9 Å². The molecule has 2 aromatic carbocycles. The Hall–Kier alpha value is -2.42. The van der Waals surface area contributed by atoms with Crippen LogP contribution in [0.2, 0.25) is 0 Å². The SMILES string of the molecule is CNS(=O)(=O)c1ccc(CNC(=O)NCc2cccc(CN3CCCC3)c2)cc1. The van der Waals surface area contributed by atoms with E-state index in [9.17, 15) is 13.2 Å². The highest BCUT2D eigenvalue weighted by Crippen LogP contribution is 2.14. The first kappa shape index (κ1) is 21.3. The summed E-state index contributed by atoms with van der Waals surface area (Å²) in [5.74, 6) is 0. The molecule has 1 saturated heterocycles. The van der Waals surface area contributed by atoms with Crippen molar-refractivity contribution in [1.82, 2.24) is 20.3 Å². The molecule has 3 N–H and O–H groups in total. The average molecular weight is 417 g/mol. The number of benzene rings is 2. The number of rotatable bonds is 8. The summed E-state index contributed by atoms with van der Waals surface area (Å²) >= 11 is 0. The van der Waals surface area contributed by atoms with Crippen molar-refractivity contribution in [2.75, 3.05) is 20.1 Å². The lowest BCUT2D eigenvalue weighted by molar-refractivity contribution is 0.240. The van der Waals surface area contributed by atoms with Gasteiger partial charge in [0, 0.05) is 19.6 Å². The molecule has 2 amide bonds. The lowest BCUT2D eigenvalue weighted by Gasteiger charge is -2.15. The quantitative estimate of drug-likeness (QED) is 0.615. The van der Waals surface area contributed by atoms with E-state index in [4.69, 9.17) is 0 Å². The number of hydrogen-bond acceptors (Lipinski definition) is 4. The molecule has 29 heavy (non-hydrogen) atoms. The van der Waals surface area contributed by atoms with Gasteiger partial charge in [-0.05, 0) is 61.8 Å². The molecule has 0 spiro atoms. The molecule has 0 saturated carbocycles. The third-order valence-electron chi connectivity index (χ3n) is 5.00. The Labute approximate surface area is 172 Å². The highest BCUT2D eigenvalue weighted by Gasteiger charge is 2.12. The third kappa shape index (κ3) is 6.28. The highest BCUT2D eigenvalue weighted by atomic mass is 32.2. The number of carbonyl (C=O) groups excluding carboxylic acids is 1. The summed E-state index contributed by atoms with van der Waals surface area (Å²) in [7, 11) is -2.08. The molecule has 0 aliphatic carbocycles. The third-order valence-corrected chi connectivity index (χ3v) is 6.44. The van der Waals surface area contributed by atoms with Crippen LogP contribution < -0.4 is 15.4 Å². The summed E-state index contributed by atoms with van der Waals surface area (Å²) in [6.07, 6.45) is 2.55. The number of carbonyl (C=O) groups is 1. The maximum absolute atomic E-state index is 12.1. The van der Waals surface area contributed by atoms with E-state index in [1.807, 2.05) is 12.1 Å². The van der Waals surface area contributed by atoms with Crippen molar-refractivity contribution in [1.29, 1.82) is 0 Å². The van der Waals surface area contributed by atoms with Gasteiger partial charge in [-0.3, -0.25) is 4.90 Å². The maximum atomic E-state index is 12.1. The van der Waals surface area contributed by atoms with E-state index in [1.165, 1.54) is 37.6 Å². The molecule has 0 unspecified atom stereocenters. The van der Waals surface area contributed by atoms with Gasteiger partial charge >= 0.3 is 6.03 Å². The Bertz CT molecular complexity index is 923. The number of hydrogen-bond donors (Lipinski definition) is 3. The van der Waals surface area contributed by atoms with Crippen molar-refractivity contribution >= 4 is 16.1 Å². The Morgan fingerprint density at radius 2 is 1.55 bits per heavy atom. The summed E-state index contributed by atoms with van der Waals surface area (Å²) < 4.78 is 25.7. The van der Waals surface area contributed by atoms with E-state index in [1.54, 1.807) is 12.1 Å². The summed E-state index contributed by atoms with van der Waals surface area (Å²) in [5, 5.41) is 5.66. The Kier molecular flexibility index (Phi) is 7.24. The molecular formula is C21H28N4O3S. The second-order valence-corrected chi connectivity index (χ2v) is 9.08. The molecule has 1 aliphatic heterocycles. The zero-order valence-electron chi connectivity index (χ0n) is 16.6. The van der Waals surface area contributed by atoms with Crippen LogP contribution in [0, 0.1) is 0 Å². The van der Waals surface area contributed by atoms with E-state index in [-0.39, 0.29) is 10.9 Å². The van der Waals surface area contributed by atoms with E-state index >= 15 is 0 Å². The van der Waals surface area contributed by atoms with Crippen molar-refractivity contribution < 1.29 is 13.2 Å². The topological polar surface area (TPSA) is 90.5 Å². The average Bonchev–Trinajstić information content (AvgIpc) is 3.24. The summed E-state index contributed by atoms with van der Waals surface area (Å²) in [4.78, 5) is 14.7. The zero-order chi connectivity index (χ0) is 20.7. The Morgan fingerprint density at radius 3 is 2.21 bits per heavy atom. The second-order valence-electron chi connectivity index (χ2n) is 7.19. The molecule has 1 fully saturated rings. The van der Waals surface area contributed by atoms with E-state index in [0.29, 0.717) is 13.1 Å². The fourth-order valence-corrected chi connectivity index (χ4v) is 4.10. The fourth-order valence-electron chi connectivity index (χ4n) is 3.37. The van der Waals surface area contributed by atoms with E-state index in [2.05, 4.69) is 32.4 Å². The van der Waals surface area contributed by atoms with Gasteiger partial charge in [0.2, 0.25) is 10.0 Å². The van der Waals surface area contributed by atoms with Gasteiger partial charge in [0.05, 0.1) is 4.90 Å².